The summed E-state index contributed by atoms with van der Waals surface area (Å²) in [5.41, 5.74) is 8.86. The lowest BCUT2D eigenvalue weighted by Crippen LogP contribution is -2.04. The van der Waals surface area contributed by atoms with Gasteiger partial charge in [-0.3, -0.25) is 0 Å². The van der Waals surface area contributed by atoms with Crippen molar-refractivity contribution in [1.29, 1.82) is 0 Å². The number of fused-ring (bicyclic) bond motifs is 12. The van der Waals surface area contributed by atoms with Crippen LogP contribution in [0.25, 0.3) is 138 Å². The minimum Gasteiger partial charge on any atom is -0.456 e. The van der Waals surface area contributed by atoms with Crippen LogP contribution in [0, 0.1) is 0 Å². The largest absolute Gasteiger partial charge is 0.456 e. The number of para-hydroxylation sites is 2. The van der Waals surface area contributed by atoms with Crippen molar-refractivity contribution in [3.63, 3.8) is 0 Å². The Morgan fingerprint density at radius 2 is 0.841 bits per heavy atom. The summed E-state index contributed by atoms with van der Waals surface area (Å²) in [4.78, 5) is 16.4. The van der Waals surface area contributed by atoms with E-state index in [0.717, 1.165) is 98.8 Å². The quantitative estimate of drug-likeness (QED) is 0.177. The first kappa shape index (κ1) is 34.1. The molecule has 6 heteroatoms. The lowest BCUT2D eigenvalue weighted by Gasteiger charge is -2.16. The molecule has 0 N–H and O–H groups in total. The summed E-state index contributed by atoms with van der Waals surface area (Å²) in [7, 11) is 0. The fourth-order valence-corrected chi connectivity index (χ4v) is 9.89. The molecular formula is C57H32N4O2. The van der Waals surface area contributed by atoms with Crippen LogP contribution < -0.4 is 0 Å². The molecule has 0 bridgehead atoms. The molecule has 4 heterocycles. The van der Waals surface area contributed by atoms with Crippen LogP contribution in [0.1, 0.15) is 0 Å². The first-order chi connectivity index (χ1) is 31.2. The van der Waals surface area contributed by atoms with E-state index < -0.39 is 0 Å². The number of hydrogen-bond acceptors (Lipinski definition) is 5. The normalized spacial score (nSPS) is 12.1. The maximum Gasteiger partial charge on any atom is 0.166 e. The Hall–Kier alpha value is -8.61. The molecule has 0 unspecified atom stereocenters. The third-order valence-corrected chi connectivity index (χ3v) is 12.8. The highest BCUT2D eigenvalue weighted by Gasteiger charge is 2.26. The van der Waals surface area contributed by atoms with Gasteiger partial charge in [-0.15, -0.1) is 0 Å². The van der Waals surface area contributed by atoms with Crippen molar-refractivity contribution in [3.8, 4) is 39.9 Å². The van der Waals surface area contributed by atoms with Crippen molar-refractivity contribution >= 4 is 98.0 Å². The van der Waals surface area contributed by atoms with Crippen molar-refractivity contribution < 1.29 is 8.83 Å². The third-order valence-electron chi connectivity index (χ3n) is 12.8. The summed E-state index contributed by atoms with van der Waals surface area (Å²) in [5, 5.41) is 13.2. The third kappa shape index (κ3) is 5.09. The summed E-state index contributed by atoms with van der Waals surface area (Å²) in [5.74, 6) is 1.66. The van der Waals surface area contributed by atoms with E-state index in [1.165, 1.54) is 21.5 Å². The molecule has 63 heavy (non-hydrogen) atoms. The van der Waals surface area contributed by atoms with E-state index in [2.05, 4.69) is 156 Å². The molecule has 0 aliphatic rings. The number of hydrogen-bond donors (Lipinski definition) is 0. The van der Waals surface area contributed by atoms with Crippen LogP contribution >= 0.6 is 0 Å². The average Bonchev–Trinajstić information content (AvgIpc) is 4.01. The summed E-state index contributed by atoms with van der Waals surface area (Å²) in [6.07, 6.45) is 0. The molecule has 0 saturated carbocycles. The summed E-state index contributed by atoms with van der Waals surface area (Å²) in [6, 6.07) is 68.1. The van der Waals surface area contributed by atoms with Crippen molar-refractivity contribution in [3.05, 3.63) is 194 Å². The standard InChI is InChI=1S/C57H32N4O2/c1-2-13-34-28-39(25-24-33(34)12-1)55-58-56(42-20-11-23-50-52(42)40-18-7-9-21-48(40)62-50)60-57(59-55)54-45(26-27-51-53(54)41-19-8-10-22-49(41)63-51)61-46-31-37-16-5-3-14-35(37)29-43(46)44-30-36-15-4-6-17-38(36)32-47(44)61/h1-32H. The molecule has 0 fully saturated rings. The molecule has 0 spiro atoms. The highest BCUT2D eigenvalue weighted by Crippen LogP contribution is 2.45. The Bertz CT molecular complexity index is 4140. The van der Waals surface area contributed by atoms with Crippen LogP contribution in [0.2, 0.25) is 0 Å². The molecule has 0 atom stereocenters. The van der Waals surface area contributed by atoms with Gasteiger partial charge in [-0.1, -0.05) is 133 Å². The number of rotatable bonds is 4. The Kier molecular flexibility index (Phi) is 7.02. The second-order valence-corrected chi connectivity index (χ2v) is 16.3. The van der Waals surface area contributed by atoms with E-state index in [1.54, 1.807) is 0 Å². The van der Waals surface area contributed by atoms with Gasteiger partial charge in [-0.2, -0.15) is 0 Å². The van der Waals surface area contributed by atoms with Crippen LogP contribution in [0.3, 0.4) is 0 Å². The Morgan fingerprint density at radius 3 is 1.51 bits per heavy atom. The van der Waals surface area contributed by atoms with Crippen molar-refractivity contribution in [2.45, 2.75) is 0 Å². The molecule has 6 nitrogen and oxygen atoms in total. The Labute approximate surface area is 358 Å². The molecule has 292 valence electrons. The lowest BCUT2D eigenvalue weighted by molar-refractivity contribution is 0.668. The zero-order valence-corrected chi connectivity index (χ0v) is 33.6. The summed E-state index contributed by atoms with van der Waals surface area (Å²) < 4.78 is 15.5. The Balaban J connectivity index is 1.15. The van der Waals surface area contributed by atoms with E-state index in [9.17, 15) is 0 Å². The van der Waals surface area contributed by atoms with E-state index in [4.69, 9.17) is 23.8 Å². The first-order valence-electron chi connectivity index (χ1n) is 21.2. The molecule has 0 saturated heterocycles. The van der Waals surface area contributed by atoms with E-state index in [-0.39, 0.29) is 0 Å². The SMILES string of the molecule is c1ccc2cc(-c3nc(-c4cccc5oc6ccccc6c45)nc(-c4c(-n5c6cc7ccccc7cc6c6cc7ccccc7cc65)ccc5oc6ccccc6c45)n3)ccc2c1. The lowest BCUT2D eigenvalue weighted by atomic mass is 10.0. The molecule has 10 aromatic carbocycles. The topological polar surface area (TPSA) is 69.9 Å². The van der Waals surface area contributed by atoms with Crippen molar-refractivity contribution in [2.75, 3.05) is 0 Å². The zero-order valence-electron chi connectivity index (χ0n) is 33.6. The number of nitrogens with zero attached hydrogens (tertiary/aromatic N) is 4. The number of benzene rings is 10. The number of furan rings is 2. The van der Waals surface area contributed by atoms with Gasteiger partial charge in [0.15, 0.2) is 17.5 Å². The van der Waals surface area contributed by atoms with Gasteiger partial charge in [0, 0.05) is 43.4 Å². The molecule has 0 aliphatic carbocycles. The fourth-order valence-electron chi connectivity index (χ4n) is 9.89. The van der Waals surface area contributed by atoms with Crippen LogP contribution in [-0.2, 0) is 0 Å². The highest BCUT2D eigenvalue weighted by atomic mass is 16.3. The van der Waals surface area contributed by atoms with Gasteiger partial charge >= 0.3 is 0 Å². The van der Waals surface area contributed by atoms with Gasteiger partial charge in [0.25, 0.3) is 0 Å². The highest BCUT2D eigenvalue weighted by molar-refractivity contribution is 6.19. The van der Waals surface area contributed by atoms with Gasteiger partial charge in [0.2, 0.25) is 0 Å². The van der Waals surface area contributed by atoms with E-state index in [1.807, 2.05) is 42.5 Å². The average molecular weight is 805 g/mol. The molecular weight excluding hydrogens is 773 g/mol. The predicted octanol–water partition coefficient (Wildman–Crippen LogP) is 15.2. The molecule has 14 aromatic rings. The Morgan fingerprint density at radius 1 is 0.333 bits per heavy atom. The predicted molar refractivity (Wildman–Crippen MR) is 258 cm³/mol. The molecule has 0 radical (unpaired) electrons. The monoisotopic (exact) mass is 804 g/mol. The zero-order chi connectivity index (χ0) is 41.2. The maximum atomic E-state index is 6.66. The molecule has 0 amide bonds. The number of aromatic nitrogens is 4. The van der Waals surface area contributed by atoms with Crippen LogP contribution in [0.4, 0.5) is 0 Å². The van der Waals surface area contributed by atoms with E-state index in [0.29, 0.717) is 17.5 Å². The first-order valence-corrected chi connectivity index (χ1v) is 21.2. The van der Waals surface area contributed by atoms with Gasteiger partial charge in [0.1, 0.15) is 22.3 Å². The van der Waals surface area contributed by atoms with E-state index >= 15 is 0 Å². The minimum atomic E-state index is 0.539. The summed E-state index contributed by atoms with van der Waals surface area (Å²) >= 11 is 0. The van der Waals surface area contributed by atoms with Gasteiger partial charge in [-0.25, -0.2) is 15.0 Å². The minimum absolute atomic E-state index is 0.539. The van der Waals surface area contributed by atoms with Gasteiger partial charge < -0.3 is 13.4 Å². The van der Waals surface area contributed by atoms with Gasteiger partial charge in [0.05, 0.1) is 22.3 Å². The molecule has 4 aromatic heterocycles. The van der Waals surface area contributed by atoms with Gasteiger partial charge in [-0.05, 0) is 93.0 Å². The van der Waals surface area contributed by atoms with Crippen molar-refractivity contribution in [1.82, 2.24) is 19.5 Å². The van der Waals surface area contributed by atoms with Crippen LogP contribution in [-0.4, -0.2) is 19.5 Å². The second-order valence-electron chi connectivity index (χ2n) is 16.3. The summed E-state index contributed by atoms with van der Waals surface area (Å²) in [6.45, 7) is 0. The van der Waals surface area contributed by atoms with Crippen LogP contribution in [0.15, 0.2) is 203 Å². The van der Waals surface area contributed by atoms with Crippen LogP contribution in [0.5, 0.6) is 0 Å². The maximum absolute atomic E-state index is 6.66. The molecule has 0 aliphatic heterocycles. The molecule has 14 rings (SSSR count). The van der Waals surface area contributed by atoms with Crippen molar-refractivity contribution in [2.24, 2.45) is 0 Å². The smallest absolute Gasteiger partial charge is 0.166 e. The second kappa shape index (κ2) is 12.9. The fraction of sp³-hybridized carbons (Fsp3) is 0.